The molecule has 2 rings (SSSR count). The highest BCUT2D eigenvalue weighted by molar-refractivity contribution is 5.89. The lowest BCUT2D eigenvalue weighted by Crippen LogP contribution is -2.15. The van der Waals surface area contributed by atoms with Crippen molar-refractivity contribution in [2.75, 3.05) is 119 Å². The number of hydrogen-bond acceptors (Lipinski definition) is 11. The molecule has 0 aliphatic carbocycles. The van der Waals surface area contributed by atoms with Gasteiger partial charge in [-0.2, -0.15) is 0 Å². The number of hydrogen-bond donors (Lipinski definition) is 0. The van der Waals surface area contributed by atoms with Gasteiger partial charge in [-0.1, -0.05) is 48.5 Å². The van der Waals surface area contributed by atoms with Gasteiger partial charge >= 0.3 is 5.97 Å². The third-order valence-electron chi connectivity index (χ3n) is 5.56. The molecule has 242 valence electrons. The van der Waals surface area contributed by atoms with Crippen molar-refractivity contribution in [2.24, 2.45) is 0 Å². The summed E-state index contributed by atoms with van der Waals surface area (Å²) in [7, 11) is 0. The summed E-state index contributed by atoms with van der Waals surface area (Å²) in [6.07, 6.45) is 0. The second-order valence-electron chi connectivity index (χ2n) is 8.94. The van der Waals surface area contributed by atoms with Gasteiger partial charge in [0.1, 0.15) is 6.61 Å². The second kappa shape index (κ2) is 28.3. The van der Waals surface area contributed by atoms with Crippen molar-refractivity contribution >= 4 is 5.97 Å². The number of esters is 1. The van der Waals surface area contributed by atoms with E-state index in [9.17, 15) is 4.79 Å². The van der Waals surface area contributed by atoms with Crippen LogP contribution in [0.1, 0.15) is 15.9 Å². The first-order valence-corrected chi connectivity index (χ1v) is 14.8. The van der Waals surface area contributed by atoms with E-state index in [0.29, 0.717) is 124 Å². The highest BCUT2D eigenvalue weighted by atomic mass is 16.6. The molecule has 0 bridgehead atoms. The summed E-state index contributed by atoms with van der Waals surface area (Å²) >= 11 is 0. The van der Waals surface area contributed by atoms with Crippen LogP contribution in [0.2, 0.25) is 0 Å². The highest BCUT2D eigenvalue weighted by Gasteiger charge is 2.05. The number of carbonyl (C=O) groups excluding carboxylic acids is 1. The van der Waals surface area contributed by atoms with Crippen molar-refractivity contribution in [2.45, 2.75) is 6.61 Å². The van der Waals surface area contributed by atoms with Crippen LogP contribution < -0.4 is 0 Å². The van der Waals surface area contributed by atoms with E-state index in [-0.39, 0.29) is 12.6 Å². The van der Waals surface area contributed by atoms with E-state index in [1.165, 1.54) is 0 Å². The molecule has 0 atom stereocenters. The van der Waals surface area contributed by atoms with Gasteiger partial charge in [0.2, 0.25) is 0 Å². The molecule has 0 saturated heterocycles. The Morgan fingerprint density at radius 1 is 0.372 bits per heavy atom. The second-order valence-corrected chi connectivity index (χ2v) is 8.94. The lowest BCUT2D eigenvalue weighted by Gasteiger charge is -2.09. The molecule has 0 radical (unpaired) electrons. The molecule has 0 N–H and O–H groups in total. The molecule has 0 amide bonds. The SMILES string of the molecule is O=C(OCCOCCOCCOCCOCCOCCOCCOCCOCCOCc1ccccc1)c1ccccc1. The molecule has 2 aromatic carbocycles. The van der Waals surface area contributed by atoms with E-state index in [1.807, 2.05) is 36.4 Å². The first-order valence-electron chi connectivity index (χ1n) is 14.8. The Kier molecular flexibility index (Phi) is 24.2. The van der Waals surface area contributed by atoms with Gasteiger partial charge in [-0.3, -0.25) is 0 Å². The average molecular weight is 609 g/mol. The summed E-state index contributed by atoms with van der Waals surface area (Å²) < 4.78 is 54.3. The van der Waals surface area contributed by atoms with Crippen molar-refractivity contribution in [3.8, 4) is 0 Å². The van der Waals surface area contributed by atoms with Gasteiger partial charge in [0.15, 0.2) is 0 Å². The van der Waals surface area contributed by atoms with Crippen molar-refractivity contribution < 1.29 is 52.2 Å². The van der Waals surface area contributed by atoms with Crippen molar-refractivity contribution in [1.29, 1.82) is 0 Å². The maximum atomic E-state index is 11.8. The Hall–Kier alpha value is -2.45. The maximum absolute atomic E-state index is 11.8. The number of ether oxygens (including phenoxy) is 10. The smallest absolute Gasteiger partial charge is 0.338 e. The Bertz CT molecular complexity index is 870. The van der Waals surface area contributed by atoms with Crippen LogP contribution in [0.4, 0.5) is 0 Å². The standard InChI is InChI=1S/C32H48O11/c33-32(31-9-5-2-6-10-31)43-28-27-41-24-23-39-20-19-37-16-15-35-12-11-34-13-14-36-17-18-38-21-22-40-25-26-42-29-30-7-3-1-4-8-30/h1-10H,11-29H2. The minimum absolute atomic E-state index is 0.204. The fourth-order valence-electron chi connectivity index (χ4n) is 3.37. The predicted octanol–water partition coefficient (Wildman–Crippen LogP) is 3.19. The van der Waals surface area contributed by atoms with E-state index < -0.39 is 0 Å². The van der Waals surface area contributed by atoms with Gasteiger partial charge < -0.3 is 47.4 Å². The van der Waals surface area contributed by atoms with Gasteiger partial charge in [0.05, 0.1) is 124 Å². The van der Waals surface area contributed by atoms with Crippen molar-refractivity contribution in [1.82, 2.24) is 0 Å². The number of rotatable bonds is 30. The van der Waals surface area contributed by atoms with Crippen LogP contribution >= 0.6 is 0 Å². The van der Waals surface area contributed by atoms with Crippen LogP contribution in [0, 0.1) is 0 Å². The van der Waals surface area contributed by atoms with Crippen LogP contribution in [-0.2, 0) is 54.0 Å². The predicted molar refractivity (Wildman–Crippen MR) is 159 cm³/mol. The average Bonchev–Trinajstić information content (AvgIpc) is 3.04. The van der Waals surface area contributed by atoms with Crippen molar-refractivity contribution in [3.05, 3.63) is 71.8 Å². The van der Waals surface area contributed by atoms with Gasteiger partial charge in [-0.25, -0.2) is 4.79 Å². The normalized spacial score (nSPS) is 11.2. The third kappa shape index (κ3) is 22.7. The Morgan fingerprint density at radius 2 is 0.674 bits per heavy atom. The number of carbonyl (C=O) groups is 1. The molecule has 0 unspecified atom stereocenters. The Balaban J connectivity index is 1.16. The summed E-state index contributed by atoms with van der Waals surface area (Å²) in [5.41, 5.74) is 1.68. The van der Waals surface area contributed by atoms with Crippen LogP contribution in [-0.4, -0.2) is 125 Å². The van der Waals surface area contributed by atoms with E-state index >= 15 is 0 Å². The molecular formula is C32H48O11. The minimum atomic E-state index is -0.354. The Morgan fingerprint density at radius 3 is 1.05 bits per heavy atom. The first-order chi connectivity index (χ1) is 21.4. The zero-order valence-corrected chi connectivity index (χ0v) is 25.2. The molecule has 0 spiro atoms. The zero-order valence-electron chi connectivity index (χ0n) is 25.2. The molecule has 0 heterocycles. The van der Waals surface area contributed by atoms with E-state index in [1.54, 1.807) is 24.3 Å². The summed E-state index contributed by atoms with van der Waals surface area (Å²) in [6.45, 7) is 9.14. The van der Waals surface area contributed by atoms with Gasteiger partial charge in [0.25, 0.3) is 0 Å². The van der Waals surface area contributed by atoms with Crippen LogP contribution in [0.15, 0.2) is 60.7 Å². The maximum Gasteiger partial charge on any atom is 0.338 e. The van der Waals surface area contributed by atoms with E-state index in [4.69, 9.17) is 47.4 Å². The Labute approximate surface area is 255 Å². The minimum Gasteiger partial charge on any atom is -0.460 e. The number of benzene rings is 2. The lowest BCUT2D eigenvalue weighted by molar-refractivity contribution is -0.0262. The summed E-state index contributed by atoms with van der Waals surface area (Å²) in [4.78, 5) is 11.8. The zero-order chi connectivity index (χ0) is 30.3. The van der Waals surface area contributed by atoms with Crippen molar-refractivity contribution in [3.63, 3.8) is 0 Å². The molecule has 11 heteroatoms. The van der Waals surface area contributed by atoms with Crippen LogP contribution in [0.3, 0.4) is 0 Å². The van der Waals surface area contributed by atoms with E-state index in [2.05, 4.69) is 0 Å². The van der Waals surface area contributed by atoms with Gasteiger partial charge in [-0.05, 0) is 17.7 Å². The molecule has 0 saturated carbocycles. The largest absolute Gasteiger partial charge is 0.460 e. The van der Waals surface area contributed by atoms with Gasteiger partial charge in [0, 0.05) is 0 Å². The highest BCUT2D eigenvalue weighted by Crippen LogP contribution is 2.01. The molecule has 0 aliphatic rings. The molecule has 0 aromatic heterocycles. The first kappa shape index (κ1) is 36.7. The molecule has 0 aliphatic heterocycles. The summed E-state index contributed by atoms with van der Waals surface area (Å²) in [5, 5.41) is 0. The molecule has 43 heavy (non-hydrogen) atoms. The molecule has 2 aromatic rings. The molecular weight excluding hydrogens is 560 g/mol. The third-order valence-corrected chi connectivity index (χ3v) is 5.56. The quantitative estimate of drug-likeness (QED) is 0.0964. The van der Waals surface area contributed by atoms with Gasteiger partial charge in [-0.15, -0.1) is 0 Å². The topological polar surface area (TPSA) is 109 Å². The van der Waals surface area contributed by atoms with Crippen LogP contribution in [0.25, 0.3) is 0 Å². The summed E-state index contributed by atoms with van der Waals surface area (Å²) in [5.74, 6) is -0.354. The lowest BCUT2D eigenvalue weighted by atomic mass is 10.2. The van der Waals surface area contributed by atoms with E-state index in [0.717, 1.165) is 5.56 Å². The summed E-state index contributed by atoms with van der Waals surface area (Å²) in [6, 6.07) is 18.9. The monoisotopic (exact) mass is 608 g/mol. The molecule has 0 fully saturated rings. The van der Waals surface area contributed by atoms with Crippen LogP contribution in [0.5, 0.6) is 0 Å². The molecule has 11 nitrogen and oxygen atoms in total. The fraction of sp³-hybridized carbons (Fsp3) is 0.594. The fourth-order valence-corrected chi connectivity index (χ4v) is 3.37.